The number of hydrogen-bond acceptors (Lipinski definition) is 5. The lowest BCUT2D eigenvalue weighted by atomic mass is 10.00. The van der Waals surface area contributed by atoms with E-state index in [1.54, 1.807) is 0 Å². The summed E-state index contributed by atoms with van der Waals surface area (Å²) in [5.74, 6) is 0.0898. The van der Waals surface area contributed by atoms with E-state index in [4.69, 9.17) is 0 Å². The molecule has 0 aromatic rings. The number of sulfone groups is 1. The second kappa shape index (κ2) is 6.00. The summed E-state index contributed by atoms with van der Waals surface area (Å²) in [4.78, 5) is 24.5. The van der Waals surface area contributed by atoms with Crippen molar-refractivity contribution in [2.75, 3.05) is 31.1 Å². The lowest BCUT2D eigenvalue weighted by Gasteiger charge is -2.29. The van der Waals surface area contributed by atoms with Crippen LogP contribution in [0.15, 0.2) is 0 Å². The molecule has 0 aliphatic carbocycles. The van der Waals surface area contributed by atoms with E-state index in [0.29, 0.717) is 13.0 Å². The van der Waals surface area contributed by atoms with E-state index < -0.39 is 9.84 Å². The fourth-order valence-corrected chi connectivity index (χ4v) is 4.40. The van der Waals surface area contributed by atoms with Gasteiger partial charge in [0.15, 0.2) is 9.84 Å². The van der Waals surface area contributed by atoms with Crippen LogP contribution in [0.3, 0.4) is 0 Å². The smallest absolute Gasteiger partial charge is 0.234 e. The van der Waals surface area contributed by atoms with E-state index in [9.17, 15) is 18.0 Å². The van der Waals surface area contributed by atoms with Crippen molar-refractivity contribution in [1.29, 1.82) is 0 Å². The molecule has 2 saturated heterocycles. The van der Waals surface area contributed by atoms with Crippen molar-refractivity contribution in [2.24, 2.45) is 5.92 Å². The van der Waals surface area contributed by atoms with Crippen LogP contribution in [0.25, 0.3) is 0 Å². The van der Waals surface area contributed by atoms with Gasteiger partial charge in [0.05, 0.1) is 18.1 Å². The highest BCUT2D eigenvalue weighted by Gasteiger charge is 2.29. The molecule has 2 aliphatic heterocycles. The second-order valence-electron chi connectivity index (χ2n) is 5.44. The number of aldehydes is 1. The highest BCUT2D eigenvalue weighted by Crippen LogP contribution is 2.14. The maximum Gasteiger partial charge on any atom is 0.234 e. The average Bonchev–Trinajstić information content (AvgIpc) is 2.68. The van der Waals surface area contributed by atoms with Crippen LogP contribution < -0.4 is 5.32 Å². The Morgan fingerprint density at radius 2 is 2.16 bits per heavy atom. The molecule has 0 radical (unpaired) electrons. The zero-order valence-electron chi connectivity index (χ0n) is 10.9. The number of carbonyl (C=O) groups is 2. The van der Waals surface area contributed by atoms with Crippen LogP contribution in [0.1, 0.15) is 19.3 Å². The number of nitrogens with zero attached hydrogens (tertiary/aromatic N) is 1. The molecule has 108 valence electrons. The molecule has 6 nitrogen and oxygen atoms in total. The van der Waals surface area contributed by atoms with Gasteiger partial charge < -0.3 is 10.1 Å². The van der Waals surface area contributed by atoms with Gasteiger partial charge in [-0.15, -0.1) is 0 Å². The predicted molar refractivity (Wildman–Crippen MR) is 70.4 cm³/mol. The van der Waals surface area contributed by atoms with Gasteiger partial charge in [-0.1, -0.05) is 0 Å². The van der Waals surface area contributed by atoms with Gasteiger partial charge >= 0.3 is 0 Å². The van der Waals surface area contributed by atoms with Crippen LogP contribution in [0.2, 0.25) is 0 Å². The van der Waals surface area contributed by atoms with Gasteiger partial charge in [0, 0.05) is 18.5 Å². The molecule has 0 aromatic heterocycles. The Bertz CT molecular complexity index is 449. The maximum absolute atomic E-state index is 11.8. The first kappa shape index (κ1) is 14.5. The summed E-state index contributed by atoms with van der Waals surface area (Å²) < 4.78 is 22.6. The van der Waals surface area contributed by atoms with Crippen molar-refractivity contribution in [2.45, 2.75) is 25.3 Å². The van der Waals surface area contributed by atoms with Crippen LogP contribution in [-0.2, 0) is 19.4 Å². The number of rotatable bonds is 4. The van der Waals surface area contributed by atoms with E-state index in [2.05, 4.69) is 5.32 Å². The van der Waals surface area contributed by atoms with Gasteiger partial charge in [0.2, 0.25) is 5.91 Å². The Hall–Kier alpha value is -0.950. The minimum absolute atomic E-state index is 0.0217. The van der Waals surface area contributed by atoms with Gasteiger partial charge in [0.25, 0.3) is 0 Å². The summed E-state index contributed by atoms with van der Waals surface area (Å²) in [6, 6.07) is -0.246. The normalized spacial score (nSPS) is 30.9. The third-order valence-electron chi connectivity index (χ3n) is 3.70. The van der Waals surface area contributed by atoms with Crippen LogP contribution in [0.5, 0.6) is 0 Å². The Balaban J connectivity index is 1.77. The molecule has 1 N–H and O–H groups in total. The third kappa shape index (κ3) is 4.28. The number of hydrogen-bond donors (Lipinski definition) is 1. The number of amides is 1. The minimum atomic E-state index is -2.96. The molecule has 2 fully saturated rings. The summed E-state index contributed by atoms with van der Waals surface area (Å²) in [6.07, 6.45) is 3.27. The molecule has 2 unspecified atom stereocenters. The van der Waals surface area contributed by atoms with E-state index in [1.807, 2.05) is 4.90 Å². The quantitative estimate of drug-likeness (QED) is 0.685. The van der Waals surface area contributed by atoms with Gasteiger partial charge in [-0.25, -0.2) is 8.42 Å². The highest BCUT2D eigenvalue weighted by atomic mass is 32.2. The topological polar surface area (TPSA) is 83.6 Å². The molecule has 0 aromatic carbocycles. The van der Waals surface area contributed by atoms with Crippen LogP contribution in [0, 0.1) is 5.92 Å². The minimum Gasteiger partial charge on any atom is -0.351 e. The molecule has 2 heterocycles. The summed E-state index contributed by atoms with van der Waals surface area (Å²) >= 11 is 0. The fourth-order valence-electron chi connectivity index (χ4n) is 2.73. The van der Waals surface area contributed by atoms with Crippen molar-refractivity contribution < 1.29 is 18.0 Å². The van der Waals surface area contributed by atoms with Gasteiger partial charge in [0.1, 0.15) is 6.29 Å². The molecule has 0 saturated carbocycles. The molecule has 0 spiro atoms. The molecular formula is C12H20N2O4S. The molecule has 1 amide bonds. The number of carbonyl (C=O) groups excluding carboxylic acids is 2. The van der Waals surface area contributed by atoms with Crippen LogP contribution in [0.4, 0.5) is 0 Å². The maximum atomic E-state index is 11.8. The SMILES string of the molecule is O=CC1CCCN(CC(=O)NC2CCS(=O)(=O)C2)C1. The summed E-state index contributed by atoms with van der Waals surface area (Å²) in [6.45, 7) is 1.70. The van der Waals surface area contributed by atoms with E-state index in [1.165, 1.54) is 0 Å². The van der Waals surface area contributed by atoms with Crippen molar-refractivity contribution in [3.05, 3.63) is 0 Å². The third-order valence-corrected chi connectivity index (χ3v) is 5.47. The molecule has 2 aliphatic rings. The molecule has 7 heteroatoms. The van der Waals surface area contributed by atoms with Crippen molar-refractivity contribution in [3.8, 4) is 0 Å². The first-order valence-electron chi connectivity index (χ1n) is 6.66. The van der Waals surface area contributed by atoms with Crippen LogP contribution >= 0.6 is 0 Å². The van der Waals surface area contributed by atoms with Crippen LogP contribution in [-0.4, -0.2) is 62.7 Å². The molecule has 2 rings (SSSR count). The molecular weight excluding hydrogens is 268 g/mol. The number of piperidine rings is 1. The van der Waals surface area contributed by atoms with E-state index in [0.717, 1.165) is 25.7 Å². The van der Waals surface area contributed by atoms with E-state index >= 15 is 0 Å². The largest absolute Gasteiger partial charge is 0.351 e. The fraction of sp³-hybridized carbons (Fsp3) is 0.833. The molecule has 19 heavy (non-hydrogen) atoms. The summed E-state index contributed by atoms with van der Waals surface area (Å²) in [5, 5.41) is 2.77. The standard InChI is InChI=1S/C12H20N2O4S/c15-8-10-2-1-4-14(6-10)7-12(16)13-11-3-5-19(17,18)9-11/h8,10-11H,1-7,9H2,(H,13,16). The molecule has 2 atom stereocenters. The summed E-state index contributed by atoms with van der Waals surface area (Å²) in [5.41, 5.74) is 0. The lowest BCUT2D eigenvalue weighted by molar-refractivity contribution is -0.124. The zero-order valence-corrected chi connectivity index (χ0v) is 11.7. The van der Waals surface area contributed by atoms with Crippen molar-refractivity contribution in [1.82, 2.24) is 10.2 Å². The van der Waals surface area contributed by atoms with Gasteiger partial charge in [-0.2, -0.15) is 0 Å². The number of likely N-dealkylation sites (tertiary alicyclic amines) is 1. The monoisotopic (exact) mass is 288 g/mol. The Labute approximate surface area is 113 Å². The lowest BCUT2D eigenvalue weighted by Crippen LogP contribution is -2.45. The zero-order chi connectivity index (χ0) is 13.9. The van der Waals surface area contributed by atoms with Gasteiger partial charge in [-0.3, -0.25) is 9.69 Å². The average molecular weight is 288 g/mol. The Morgan fingerprint density at radius 1 is 1.37 bits per heavy atom. The van der Waals surface area contributed by atoms with Crippen molar-refractivity contribution in [3.63, 3.8) is 0 Å². The second-order valence-corrected chi connectivity index (χ2v) is 7.67. The Morgan fingerprint density at radius 3 is 2.79 bits per heavy atom. The number of nitrogens with one attached hydrogen (secondary N) is 1. The van der Waals surface area contributed by atoms with E-state index in [-0.39, 0.29) is 35.9 Å². The predicted octanol–water partition coefficient (Wildman–Crippen LogP) is -0.799. The van der Waals surface area contributed by atoms with Gasteiger partial charge in [-0.05, 0) is 25.8 Å². The molecule has 0 bridgehead atoms. The highest BCUT2D eigenvalue weighted by molar-refractivity contribution is 7.91. The summed E-state index contributed by atoms with van der Waals surface area (Å²) in [7, 11) is -2.96. The first-order valence-corrected chi connectivity index (χ1v) is 8.48. The Kier molecular flexibility index (Phi) is 4.57. The van der Waals surface area contributed by atoms with Crippen molar-refractivity contribution >= 4 is 22.0 Å². The first-order chi connectivity index (χ1) is 8.98.